The van der Waals surface area contributed by atoms with E-state index in [1.807, 2.05) is 42.5 Å². The molecule has 0 bridgehead atoms. The maximum absolute atomic E-state index is 13.6. The third-order valence-corrected chi connectivity index (χ3v) is 8.76. The van der Waals surface area contributed by atoms with Crippen molar-refractivity contribution in [1.29, 1.82) is 0 Å². The van der Waals surface area contributed by atoms with Crippen LogP contribution < -0.4 is 0 Å². The van der Waals surface area contributed by atoms with Gasteiger partial charge in [0.2, 0.25) is 10.0 Å². The average molecular weight is 470 g/mol. The minimum absolute atomic E-state index is 0.0830. The highest BCUT2D eigenvalue weighted by Gasteiger charge is 2.79. The topological polar surface area (TPSA) is 83.9 Å². The monoisotopic (exact) mass is 469 g/mol. The van der Waals surface area contributed by atoms with Gasteiger partial charge < -0.3 is 0 Å². The number of fused-ring (bicyclic) bond motifs is 1. The molecular formula is C24H20ClNO5S. The molecule has 32 heavy (non-hydrogen) atoms. The van der Waals surface area contributed by atoms with Gasteiger partial charge in [-0.15, -0.1) is 0 Å². The third-order valence-electron chi connectivity index (χ3n) is 6.58. The van der Waals surface area contributed by atoms with E-state index in [1.165, 1.54) is 16.4 Å². The fourth-order valence-corrected chi connectivity index (χ4v) is 7.05. The molecule has 3 aromatic rings. The number of benzene rings is 3. The van der Waals surface area contributed by atoms with E-state index in [1.54, 1.807) is 24.3 Å². The summed E-state index contributed by atoms with van der Waals surface area (Å²) in [6.45, 7) is 0.185. The van der Waals surface area contributed by atoms with Crippen LogP contribution >= 0.6 is 11.6 Å². The van der Waals surface area contributed by atoms with Gasteiger partial charge in [-0.2, -0.15) is 9.56 Å². The molecule has 3 aromatic carbocycles. The summed E-state index contributed by atoms with van der Waals surface area (Å²) >= 11 is 5.94. The number of piperidine rings is 1. The highest BCUT2D eigenvalue weighted by molar-refractivity contribution is 7.89. The summed E-state index contributed by atoms with van der Waals surface area (Å²) in [5, 5.41) is 9.83. The Bertz CT molecular complexity index is 1260. The molecule has 0 spiro atoms. The maximum atomic E-state index is 13.6. The maximum Gasteiger partial charge on any atom is 0.364 e. The zero-order chi connectivity index (χ0) is 22.5. The van der Waals surface area contributed by atoms with Crippen LogP contribution in [0.1, 0.15) is 17.9 Å². The molecule has 1 saturated carbocycles. The van der Waals surface area contributed by atoms with Crippen LogP contribution in [-0.2, 0) is 19.7 Å². The summed E-state index contributed by atoms with van der Waals surface area (Å²) in [7, 11) is -4.01. The molecule has 0 aromatic heterocycles. The number of sulfonamides is 1. The van der Waals surface area contributed by atoms with Gasteiger partial charge >= 0.3 is 5.97 Å². The number of rotatable bonds is 5. The molecule has 164 valence electrons. The Morgan fingerprint density at radius 3 is 2.16 bits per heavy atom. The van der Waals surface area contributed by atoms with Crippen molar-refractivity contribution >= 4 is 27.6 Å². The van der Waals surface area contributed by atoms with Crippen molar-refractivity contribution in [3.8, 4) is 11.1 Å². The number of hydrogen-bond donors (Lipinski definition) is 1. The molecule has 1 saturated heterocycles. The number of carbonyl (C=O) groups excluding carboxylic acids is 1. The van der Waals surface area contributed by atoms with Crippen molar-refractivity contribution < 1.29 is 23.4 Å². The van der Waals surface area contributed by atoms with Crippen LogP contribution in [0.4, 0.5) is 0 Å². The predicted molar refractivity (Wildman–Crippen MR) is 120 cm³/mol. The van der Waals surface area contributed by atoms with E-state index in [4.69, 9.17) is 11.6 Å². The largest absolute Gasteiger partial charge is 0.364 e. The Balaban J connectivity index is 1.50. The van der Waals surface area contributed by atoms with Crippen molar-refractivity contribution in [3.63, 3.8) is 0 Å². The first-order valence-electron chi connectivity index (χ1n) is 10.2. The zero-order valence-electron chi connectivity index (χ0n) is 16.9. The molecular weight excluding hydrogens is 450 g/mol. The molecule has 1 aliphatic heterocycles. The molecule has 6 nitrogen and oxygen atoms in total. The highest BCUT2D eigenvalue weighted by Crippen LogP contribution is 2.67. The van der Waals surface area contributed by atoms with Gasteiger partial charge in [-0.05, 0) is 47.4 Å². The average Bonchev–Trinajstić information content (AvgIpc) is 3.32. The standard InChI is InChI=1S/C24H20ClNO5S/c25-19-10-6-16(7-11-19)17-8-12-20(13-9-17)32(29,30)26-15-14-21-22(18-4-2-1-3-5-18)24(21,26)23(27)31-28/h1-13,21-22,28H,14-15H2. The molecule has 0 radical (unpaired) electrons. The van der Waals surface area contributed by atoms with Gasteiger partial charge in [-0.1, -0.05) is 66.2 Å². The quantitative estimate of drug-likeness (QED) is 0.437. The fraction of sp³-hybridized carbons (Fsp3) is 0.208. The van der Waals surface area contributed by atoms with Crippen LogP contribution in [0.3, 0.4) is 0 Å². The van der Waals surface area contributed by atoms with Gasteiger partial charge in [0.15, 0.2) is 0 Å². The lowest BCUT2D eigenvalue weighted by atomic mass is 10.1. The molecule has 5 rings (SSSR count). The van der Waals surface area contributed by atoms with Gasteiger partial charge in [0, 0.05) is 23.4 Å². The number of nitrogens with zero attached hydrogens (tertiary/aromatic N) is 1. The Labute approximate surface area is 191 Å². The molecule has 3 unspecified atom stereocenters. The van der Waals surface area contributed by atoms with Gasteiger partial charge in [-0.3, -0.25) is 4.89 Å². The number of carbonyl (C=O) groups is 1. The Morgan fingerprint density at radius 1 is 0.969 bits per heavy atom. The summed E-state index contributed by atoms with van der Waals surface area (Å²) in [4.78, 5) is 16.9. The number of hydrogen-bond acceptors (Lipinski definition) is 5. The van der Waals surface area contributed by atoms with E-state index in [0.29, 0.717) is 11.4 Å². The SMILES string of the molecule is O=C(OO)C12C(CCN1S(=O)(=O)c1ccc(-c3ccc(Cl)cc3)cc1)C2c1ccccc1. The van der Waals surface area contributed by atoms with E-state index >= 15 is 0 Å². The van der Waals surface area contributed by atoms with Gasteiger partial charge in [-0.25, -0.2) is 13.2 Å². The first kappa shape index (κ1) is 21.2. The molecule has 8 heteroatoms. The van der Waals surface area contributed by atoms with Crippen molar-refractivity contribution in [2.75, 3.05) is 6.54 Å². The summed E-state index contributed by atoms with van der Waals surface area (Å²) in [5.41, 5.74) is 1.18. The molecule has 3 atom stereocenters. The number of halogens is 1. The second-order valence-corrected chi connectivity index (χ2v) is 10.4. The van der Waals surface area contributed by atoms with Crippen molar-refractivity contribution in [2.45, 2.75) is 22.8 Å². The van der Waals surface area contributed by atoms with Crippen molar-refractivity contribution in [1.82, 2.24) is 4.31 Å². The second kappa shape index (κ2) is 7.71. The van der Waals surface area contributed by atoms with E-state index in [0.717, 1.165) is 16.7 Å². The normalized spacial score (nSPS) is 24.7. The Morgan fingerprint density at radius 2 is 1.56 bits per heavy atom. The Kier molecular flexibility index (Phi) is 5.09. The highest BCUT2D eigenvalue weighted by atomic mass is 35.5. The Hall–Kier alpha value is -2.71. The van der Waals surface area contributed by atoms with Crippen LogP contribution in [0.2, 0.25) is 5.02 Å². The minimum atomic E-state index is -4.01. The first-order valence-corrected chi connectivity index (χ1v) is 12.0. The second-order valence-electron chi connectivity index (χ2n) is 8.10. The van der Waals surface area contributed by atoms with E-state index in [9.17, 15) is 18.5 Å². The van der Waals surface area contributed by atoms with Crippen molar-refractivity contribution in [3.05, 3.63) is 89.4 Å². The molecule has 1 aliphatic carbocycles. The summed E-state index contributed by atoms with van der Waals surface area (Å²) < 4.78 is 28.4. The van der Waals surface area contributed by atoms with E-state index in [2.05, 4.69) is 4.89 Å². The smallest absolute Gasteiger partial charge is 0.299 e. The van der Waals surface area contributed by atoms with Crippen LogP contribution in [0.25, 0.3) is 11.1 Å². The predicted octanol–water partition coefficient (Wildman–Crippen LogP) is 4.57. The van der Waals surface area contributed by atoms with E-state index < -0.39 is 21.5 Å². The van der Waals surface area contributed by atoms with Crippen LogP contribution in [0.15, 0.2) is 83.8 Å². The van der Waals surface area contributed by atoms with Gasteiger partial charge in [0.1, 0.15) is 5.54 Å². The summed E-state index contributed by atoms with van der Waals surface area (Å²) in [6.07, 6.45) is 0.511. The minimum Gasteiger partial charge on any atom is -0.299 e. The van der Waals surface area contributed by atoms with Gasteiger partial charge in [0.05, 0.1) is 4.90 Å². The molecule has 1 N–H and O–H groups in total. The van der Waals surface area contributed by atoms with Crippen LogP contribution in [0, 0.1) is 5.92 Å². The van der Waals surface area contributed by atoms with Crippen LogP contribution in [-0.4, -0.2) is 36.0 Å². The molecule has 0 amide bonds. The summed E-state index contributed by atoms with van der Waals surface area (Å²) in [6, 6.07) is 23.0. The first-order chi connectivity index (χ1) is 15.4. The summed E-state index contributed by atoms with van der Waals surface area (Å²) in [5.74, 6) is -1.54. The van der Waals surface area contributed by atoms with Crippen molar-refractivity contribution in [2.24, 2.45) is 5.92 Å². The molecule has 1 heterocycles. The lowest BCUT2D eigenvalue weighted by Crippen LogP contribution is -2.47. The molecule has 2 aliphatic rings. The fourth-order valence-electron chi connectivity index (χ4n) is 5.12. The zero-order valence-corrected chi connectivity index (χ0v) is 18.5. The lowest BCUT2D eigenvalue weighted by Gasteiger charge is -2.27. The molecule has 2 fully saturated rings. The van der Waals surface area contributed by atoms with Crippen LogP contribution in [0.5, 0.6) is 0 Å². The lowest BCUT2D eigenvalue weighted by molar-refractivity contribution is -0.239. The third kappa shape index (κ3) is 3.08. The van der Waals surface area contributed by atoms with E-state index in [-0.39, 0.29) is 23.3 Å². The van der Waals surface area contributed by atoms with Gasteiger partial charge in [0.25, 0.3) is 0 Å².